The van der Waals surface area contributed by atoms with Gasteiger partial charge in [0.05, 0.1) is 17.2 Å². The van der Waals surface area contributed by atoms with Gasteiger partial charge in [-0.2, -0.15) is 18.4 Å². The lowest BCUT2D eigenvalue weighted by atomic mass is 10.1. The van der Waals surface area contributed by atoms with E-state index < -0.39 is 11.7 Å². The lowest BCUT2D eigenvalue weighted by molar-refractivity contribution is -0.137. The first kappa shape index (κ1) is 14.2. The van der Waals surface area contributed by atoms with Crippen LogP contribution in [0.3, 0.4) is 0 Å². The van der Waals surface area contributed by atoms with Crippen LogP contribution in [0.25, 0.3) is 0 Å². The molecule has 0 unspecified atom stereocenters. The standard InChI is InChI=1S/C15H16F3N3/c16-15(17,18)14-9-13(2-1-11(14)10-19)21-7-5-20(6-8-21)12-3-4-12/h1-2,9,12H,3-8H2. The first-order valence-electron chi connectivity index (χ1n) is 7.09. The van der Waals surface area contributed by atoms with Crippen molar-refractivity contribution in [2.24, 2.45) is 0 Å². The van der Waals surface area contributed by atoms with Gasteiger partial charge in [-0.15, -0.1) is 0 Å². The number of nitriles is 1. The van der Waals surface area contributed by atoms with Crippen molar-refractivity contribution in [2.45, 2.75) is 25.1 Å². The average Bonchev–Trinajstić information content (AvgIpc) is 3.30. The highest BCUT2D eigenvalue weighted by atomic mass is 19.4. The molecule has 1 aliphatic carbocycles. The molecule has 2 aliphatic rings. The number of piperazine rings is 1. The maximum atomic E-state index is 13.0. The molecule has 1 aliphatic heterocycles. The van der Waals surface area contributed by atoms with Crippen molar-refractivity contribution < 1.29 is 13.2 Å². The Hall–Kier alpha value is -1.74. The monoisotopic (exact) mass is 295 g/mol. The molecule has 2 fully saturated rings. The van der Waals surface area contributed by atoms with E-state index in [1.165, 1.54) is 18.9 Å². The minimum atomic E-state index is -4.49. The molecule has 1 saturated heterocycles. The molecule has 1 heterocycles. The lowest BCUT2D eigenvalue weighted by Crippen LogP contribution is -2.47. The summed E-state index contributed by atoms with van der Waals surface area (Å²) in [6, 6.07) is 6.29. The number of halogens is 3. The Bertz CT molecular complexity index is 565. The number of benzene rings is 1. The summed E-state index contributed by atoms with van der Waals surface area (Å²) in [5.74, 6) is 0. The topological polar surface area (TPSA) is 30.3 Å². The molecule has 112 valence electrons. The molecule has 0 aromatic heterocycles. The van der Waals surface area contributed by atoms with Gasteiger partial charge in [0.15, 0.2) is 0 Å². The molecule has 0 bridgehead atoms. The Morgan fingerprint density at radius 3 is 2.29 bits per heavy atom. The Labute approximate surface area is 121 Å². The van der Waals surface area contributed by atoms with E-state index in [0.29, 0.717) is 11.7 Å². The third-order valence-corrected chi connectivity index (χ3v) is 4.17. The van der Waals surface area contributed by atoms with E-state index >= 15 is 0 Å². The Balaban J connectivity index is 1.78. The van der Waals surface area contributed by atoms with Gasteiger partial charge in [-0.3, -0.25) is 4.90 Å². The fraction of sp³-hybridized carbons (Fsp3) is 0.533. The van der Waals surface area contributed by atoms with Crippen molar-refractivity contribution in [2.75, 3.05) is 31.1 Å². The van der Waals surface area contributed by atoms with Crippen molar-refractivity contribution in [1.29, 1.82) is 5.26 Å². The molecular weight excluding hydrogens is 279 g/mol. The van der Waals surface area contributed by atoms with Crippen molar-refractivity contribution >= 4 is 5.69 Å². The van der Waals surface area contributed by atoms with E-state index in [2.05, 4.69) is 4.90 Å². The highest BCUT2D eigenvalue weighted by Crippen LogP contribution is 2.35. The zero-order chi connectivity index (χ0) is 15.0. The normalized spacial score (nSPS) is 20.4. The van der Waals surface area contributed by atoms with Gasteiger partial charge in [0.25, 0.3) is 0 Å². The lowest BCUT2D eigenvalue weighted by Gasteiger charge is -2.36. The second-order valence-electron chi connectivity index (χ2n) is 5.59. The summed E-state index contributed by atoms with van der Waals surface area (Å²) in [7, 11) is 0. The van der Waals surface area contributed by atoms with Crippen LogP contribution >= 0.6 is 0 Å². The van der Waals surface area contributed by atoms with E-state index in [9.17, 15) is 13.2 Å². The maximum Gasteiger partial charge on any atom is 0.417 e. The van der Waals surface area contributed by atoms with Crippen LogP contribution in [0, 0.1) is 11.3 Å². The van der Waals surface area contributed by atoms with Crippen LogP contribution in [-0.2, 0) is 6.18 Å². The van der Waals surface area contributed by atoms with Gasteiger partial charge >= 0.3 is 6.18 Å². The summed E-state index contributed by atoms with van der Waals surface area (Å²) in [4.78, 5) is 4.38. The Morgan fingerprint density at radius 2 is 1.76 bits per heavy atom. The SMILES string of the molecule is N#Cc1ccc(N2CCN(C3CC3)CC2)cc1C(F)(F)F. The molecule has 6 heteroatoms. The molecule has 0 amide bonds. The third kappa shape index (κ3) is 2.98. The molecule has 0 radical (unpaired) electrons. The van der Waals surface area contributed by atoms with E-state index in [1.54, 1.807) is 12.1 Å². The predicted molar refractivity (Wildman–Crippen MR) is 73.0 cm³/mol. The summed E-state index contributed by atoms with van der Waals surface area (Å²) in [6.45, 7) is 3.26. The largest absolute Gasteiger partial charge is 0.417 e. The number of hydrogen-bond donors (Lipinski definition) is 0. The fourth-order valence-electron chi connectivity index (χ4n) is 2.85. The van der Waals surface area contributed by atoms with Crippen LogP contribution in [0.4, 0.5) is 18.9 Å². The number of nitrogens with zero attached hydrogens (tertiary/aromatic N) is 3. The minimum absolute atomic E-state index is 0.317. The van der Waals surface area contributed by atoms with Crippen LogP contribution in [0.5, 0.6) is 0 Å². The molecule has 21 heavy (non-hydrogen) atoms. The number of rotatable bonds is 2. The van der Waals surface area contributed by atoms with Crippen LogP contribution in [0.1, 0.15) is 24.0 Å². The summed E-state index contributed by atoms with van der Waals surface area (Å²) >= 11 is 0. The molecule has 3 nitrogen and oxygen atoms in total. The average molecular weight is 295 g/mol. The van der Waals surface area contributed by atoms with Crippen LogP contribution in [0.2, 0.25) is 0 Å². The smallest absolute Gasteiger partial charge is 0.369 e. The minimum Gasteiger partial charge on any atom is -0.369 e. The summed E-state index contributed by atoms with van der Waals surface area (Å²) in [5.41, 5.74) is -0.605. The van der Waals surface area contributed by atoms with E-state index in [1.807, 2.05) is 4.90 Å². The van der Waals surface area contributed by atoms with Crippen LogP contribution in [-0.4, -0.2) is 37.1 Å². The molecule has 1 saturated carbocycles. The molecular formula is C15H16F3N3. The highest BCUT2D eigenvalue weighted by molar-refractivity contribution is 5.55. The summed E-state index contributed by atoms with van der Waals surface area (Å²) in [5, 5.41) is 8.82. The molecule has 3 rings (SSSR count). The van der Waals surface area contributed by atoms with Gasteiger partial charge in [-0.25, -0.2) is 0 Å². The summed E-state index contributed by atoms with van der Waals surface area (Å²) in [6.07, 6.45) is -2.00. The Kier molecular flexibility index (Phi) is 3.54. The van der Waals surface area contributed by atoms with Gasteiger partial charge in [-0.05, 0) is 31.0 Å². The molecule has 0 spiro atoms. The van der Waals surface area contributed by atoms with E-state index in [4.69, 9.17) is 5.26 Å². The maximum absolute atomic E-state index is 13.0. The number of anilines is 1. The second kappa shape index (κ2) is 5.23. The first-order valence-corrected chi connectivity index (χ1v) is 7.09. The Morgan fingerprint density at radius 1 is 1.10 bits per heavy atom. The van der Waals surface area contributed by atoms with Crippen molar-refractivity contribution in [1.82, 2.24) is 4.90 Å². The van der Waals surface area contributed by atoms with Gasteiger partial charge in [0, 0.05) is 37.9 Å². The number of hydrogen-bond acceptors (Lipinski definition) is 3. The van der Waals surface area contributed by atoms with Crippen molar-refractivity contribution in [3.63, 3.8) is 0 Å². The first-order chi connectivity index (χ1) is 9.99. The third-order valence-electron chi connectivity index (χ3n) is 4.17. The van der Waals surface area contributed by atoms with Crippen molar-refractivity contribution in [3.05, 3.63) is 29.3 Å². The fourth-order valence-corrected chi connectivity index (χ4v) is 2.85. The predicted octanol–water partition coefficient (Wildman–Crippen LogP) is 2.86. The molecule has 1 aromatic carbocycles. The quantitative estimate of drug-likeness (QED) is 0.840. The highest BCUT2D eigenvalue weighted by Gasteiger charge is 2.35. The molecule has 0 atom stereocenters. The van der Waals surface area contributed by atoms with Crippen LogP contribution < -0.4 is 4.90 Å². The second-order valence-corrected chi connectivity index (χ2v) is 5.59. The van der Waals surface area contributed by atoms with Gasteiger partial charge in [0.2, 0.25) is 0 Å². The van der Waals surface area contributed by atoms with Gasteiger partial charge < -0.3 is 4.90 Å². The molecule has 1 aromatic rings. The number of alkyl halides is 3. The van der Waals surface area contributed by atoms with E-state index in [0.717, 1.165) is 32.2 Å². The van der Waals surface area contributed by atoms with Crippen molar-refractivity contribution in [3.8, 4) is 6.07 Å². The zero-order valence-electron chi connectivity index (χ0n) is 11.5. The molecule has 0 N–H and O–H groups in total. The van der Waals surface area contributed by atoms with Gasteiger partial charge in [-0.1, -0.05) is 0 Å². The summed E-state index contributed by atoms with van der Waals surface area (Å²) < 4.78 is 38.9. The van der Waals surface area contributed by atoms with E-state index in [-0.39, 0.29) is 5.56 Å². The van der Waals surface area contributed by atoms with Gasteiger partial charge in [0.1, 0.15) is 0 Å². The zero-order valence-corrected chi connectivity index (χ0v) is 11.5. The van der Waals surface area contributed by atoms with Crippen LogP contribution in [0.15, 0.2) is 18.2 Å².